The molecule has 9 heteroatoms. The van der Waals surface area contributed by atoms with Crippen LogP contribution in [-0.4, -0.2) is 71.5 Å². The molecule has 0 unspecified atom stereocenters. The number of rotatable bonds is 10. The Morgan fingerprint density at radius 3 is 2.44 bits per heavy atom. The minimum absolute atomic E-state index is 0.0328. The van der Waals surface area contributed by atoms with Crippen molar-refractivity contribution < 1.29 is 19.4 Å². The van der Waals surface area contributed by atoms with Gasteiger partial charge in [-0.15, -0.1) is 0 Å². The Labute approximate surface area is 212 Å². The third-order valence-corrected chi connectivity index (χ3v) is 6.27. The molecule has 9 nitrogen and oxygen atoms in total. The van der Waals surface area contributed by atoms with Crippen LogP contribution in [0.2, 0.25) is 0 Å². The van der Waals surface area contributed by atoms with Gasteiger partial charge in [0.05, 0.1) is 13.2 Å². The SMILES string of the molecule is CCOC(=O)c1cc(-c2ccc(NCCO)cc2)c(C(=N)C(C)C)c(NC2CCN(C(C)=O)CC2)n1. The lowest BCUT2D eigenvalue weighted by atomic mass is 9.91. The van der Waals surface area contributed by atoms with Gasteiger partial charge in [0.1, 0.15) is 5.82 Å². The van der Waals surface area contributed by atoms with E-state index in [4.69, 9.17) is 15.3 Å². The van der Waals surface area contributed by atoms with Crippen molar-refractivity contribution in [1.82, 2.24) is 9.88 Å². The molecule has 1 aromatic carbocycles. The smallest absolute Gasteiger partial charge is 0.357 e. The molecule has 1 amide bonds. The summed E-state index contributed by atoms with van der Waals surface area (Å²) < 4.78 is 5.25. The zero-order valence-corrected chi connectivity index (χ0v) is 21.6. The molecule has 3 rings (SSSR count). The number of aliphatic hydroxyl groups is 1. The Kier molecular flexibility index (Phi) is 9.41. The second-order valence-corrected chi connectivity index (χ2v) is 9.22. The Balaban J connectivity index is 2.07. The van der Waals surface area contributed by atoms with E-state index < -0.39 is 5.97 Å². The number of likely N-dealkylation sites (tertiary alicyclic amines) is 1. The minimum Gasteiger partial charge on any atom is -0.461 e. The monoisotopic (exact) mass is 495 g/mol. The van der Waals surface area contributed by atoms with Crippen LogP contribution in [0.4, 0.5) is 11.5 Å². The second kappa shape index (κ2) is 12.5. The summed E-state index contributed by atoms with van der Waals surface area (Å²) in [5.41, 5.74) is 3.68. The molecule has 0 spiro atoms. The number of hydrogen-bond donors (Lipinski definition) is 4. The maximum Gasteiger partial charge on any atom is 0.357 e. The first kappa shape index (κ1) is 27.1. The number of esters is 1. The molecule has 2 aromatic rings. The molecule has 0 aliphatic carbocycles. The number of nitrogens with zero attached hydrogens (tertiary/aromatic N) is 2. The predicted molar refractivity (Wildman–Crippen MR) is 142 cm³/mol. The van der Waals surface area contributed by atoms with Crippen molar-refractivity contribution in [2.24, 2.45) is 5.92 Å². The van der Waals surface area contributed by atoms with Crippen LogP contribution in [0.5, 0.6) is 0 Å². The molecular weight excluding hydrogens is 458 g/mol. The molecule has 36 heavy (non-hydrogen) atoms. The highest BCUT2D eigenvalue weighted by molar-refractivity contribution is 6.10. The van der Waals surface area contributed by atoms with E-state index in [0.29, 0.717) is 36.7 Å². The van der Waals surface area contributed by atoms with E-state index in [2.05, 4.69) is 15.6 Å². The van der Waals surface area contributed by atoms with E-state index >= 15 is 0 Å². The van der Waals surface area contributed by atoms with Gasteiger partial charge in [-0.3, -0.25) is 4.79 Å². The number of aliphatic hydroxyl groups excluding tert-OH is 1. The maximum atomic E-state index is 12.7. The zero-order chi connectivity index (χ0) is 26.2. The molecule has 0 atom stereocenters. The molecule has 1 aliphatic heterocycles. The maximum absolute atomic E-state index is 12.7. The molecule has 0 saturated carbocycles. The average Bonchev–Trinajstić information content (AvgIpc) is 2.87. The van der Waals surface area contributed by atoms with E-state index in [1.807, 2.05) is 43.0 Å². The third kappa shape index (κ3) is 6.60. The summed E-state index contributed by atoms with van der Waals surface area (Å²) in [7, 11) is 0. The summed E-state index contributed by atoms with van der Waals surface area (Å²) in [6.07, 6.45) is 1.50. The van der Waals surface area contributed by atoms with Crippen LogP contribution in [0.25, 0.3) is 11.1 Å². The number of piperidine rings is 1. The molecule has 1 aromatic heterocycles. The third-order valence-electron chi connectivity index (χ3n) is 6.27. The lowest BCUT2D eigenvalue weighted by Crippen LogP contribution is -2.41. The number of anilines is 2. The van der Waals surface area contributed by atoms with Crippen LogP contribution < -0.4 is 10.6 Å². The Bertz CT molecular complexity index is 1080. The average molecular weight is 496 g/mol. The predicted octanol–water partition coefficient (Wildman–Crippen LogP) is 3.78. The summed E-state index contributed by atoms with van der Waals surface area (Å²) in [4.78, 5) is 30.9. The van der Waals surface area contributed by atoms with Crippen molar-refractivity contribution in [2.75, 3.05) is 43.5 Å². The van der Waals surface area contributed by atoms with Gasteiger partial charge in [-0.05, 0) is 55.0 Å². The number of nitrogens with one attached hydrogen (secondary N) is 3. The minimum atomic E-state index is -0.517. The van der Waals surface area contributed by atoms with Crippen molar-refractivity contribution in [2.45, 2.75) is 46.6 Å². The summed E-state index contributed by atoms with van der Waals surface area (Å²) in [5.74, 6) is -0.0305. The number of carbonyl (C=O) groups excluding carboxylic acids is 2. The van der Waals surface area contributed by atoms with E-state index in [9.17, 15) is 9.59 Å². The number of hydrogen-bond acceptors (Lipinski definition) is 8. The topological polar surface area (TPSA) is 128 Å². The van der Waals surface area contributed by atoms with Crippen molar-refractivity contribution in [1.29, 1.82) is 5.41 Å². The van der Waals surface area contributed by atoms with Gasteiger partial charge in [0.2, 0.25) is 5.91 Å². The summed E-state index contributed by atoms with van der Waals surface area (Å²) in [6.45, 7) is 9.26. The molecule has 2 heterocycles. The number of ether oxygens (including phenoxy) is 1. The fraction of sp³-hybridized carbons (Fsp3) is 0.481. The Hall–Kier alpha value is -3.46. The van der Waals surface area contributed by atoms with Crippen LogP contribution >= 0.6 is 0 Å². The van der Waals surface area contributed by atoms with Gasteiger partial charge in [-0.2, -0.15) is 0 Å². The first-order chi connectivity index (χ1) is 17.2. The normalized spacial score (nSPS) is 14.0. The van der Waals surface area contributed by atoms with Gasteiger partial charge in [-0.1, -0.05) is 26.0 Å². The highest BCUT2D eigenvalue weighted by atomic mass is 16.5. The van der Waals surface area contributed by atoms with Crippen LogP contribution in [0.1, 0.15) is 56.6 Å². The number of carbonyl (C=O) groups is 2. The van der Waals surface area contributed by atoms with Gasteiger partial charge in [0, 0.05) is 49.6 Å². The first-order valence-electron chi connectivity index (χ1n) is 12.5. The van der Waals surface area contributed by atoms with Crippen molar-refractivity contribution in [3.8, 4) is 11.1 Å². The molecule has 0 bridgehead atoms. The highest BCUT2D eigenvalue weighted by Gasteiger charge is 2.26. The van der Waals surface area contributed by atoms with E-state index in [1.54, 1.807) is 19.9 Å². The molecule has 0 radical (unpaired) electrons. The van der Waals surface area contributed by atoms with Gasteiger partial charge in [0.25, 0.3) is 0 Å². The molecule has 1 aliphatic rings. The zero-order valence-electron chi connectivity index (χ0n) is 21.6. The van der Waals surface area contributed by atoms with Gasteiger partial charge < -0.3 is 30.8 Å². The second-order valence-electron chi connectivity index (χ2n) is 9.22. The number of aromatic nitrogens is 1. The highest BCUT2D eigenvalue weighted by Crippen LogP contribution is 2.33. The van der Waals surface area contributed by atoms with Gasteiger partial charge in [0.15, 0.2) is 5.69 Å². The Morgan fingerprint density at radius 1 is 1.22 bits per heavy atom. The standard InChI is InChI=1S/C27H37N5O4/c1-5-36-27(35)23-16-22(19-6-8-20(9-7-19)29-12-15-33)24(25(28)17(2)3)26(31-23)30-21-10-13-32(14-11-21)18(4)34/h6-9,16-17,21,28-29,33H,5,10-15H2,1-4H3,(H,30,31). The summed E-state index contributed by atoms with van der Waals surface area (Å²) >= 11 is 0. The van der Waals surface area contributed by atoms with Crippen molar-refractivity contribution in [3.63, 3.8) is 0 Å². The number of benzene rings is 1. The van der Waals surface area contributed by atoms with Crippen molar-refractivity contribution in [3.05, 3.63) is 41.6 Å². The molecule has 4 N–H and O–H groups in total. The Morgan fingerprint density at radius 2 is 1.89 bits per heavy atom. The van der Waals surface area contributed by atoms with Crippen molar-refractivity contribution >= 4 is 29.1 Å². The summed E-state index contributed by atoms with van der Waals surface area (Å²) in [5, 5.41) is 24.6. The molecular formula is C27H37N5O4. The van der Waals surface area contributed by atoms with Gasteiger partial charge >= 0.3 is 5.97 Å². The fourth-order valence-electron chi connectivity index (χ4n) is 4.25. The molecule has 194 valence electrons. The van der Waals surface area contributed by atoms with E-state index in [1.165, 1.54) is 0 Å². The number of pyridine rings is 1. The lowest BCUT2D eigenvalue weighted by Gasteiger charge is -2.32. The van der Waals surface area contributed by atoms with Crippen LogP contribution in [0.15, 0.2) is 30.3 Å². The number of amides is 1. The fourth-order valence-corrected chi connectivity index (χ4v) is 4.25. The van der Waals surface area contributed by atoms with E-state index in [-0.39, 0.29) is 36.8 Å². The summed E-state index contributed by atoms with van der Waals surface area (Å²) in [6, 6.07) is 9.42. The lowest BCUT2D eigenvalue weighted by molar-refractivity contribution is -0.129. The van der Waals surface area contributed by atoms with Gasteiger partial charge in [-0.25, -0.2) is 9.78 Å². The largest absolute Gasteiger partial charge is 0.461 e. The van der Waals surface area contributed by atoms with E-state index in [0.717, 1.165) is 29.7 Å². The quantitative estimate of drug-likeness (QED) is 0.292. The van der Waals surface area contributed by atoms with Crippen LogP contribution in [0, 0.1) is 11.3 Å². The first-order valence-corrected chi connectivity index (χ1v) is 12.5. The molecule has 1 fully saturated rings. The van der Waals surface area contributed by atoms with Crippen LogP contribution in [0.3, 0.4) is 0 Å². The van der Waals surface area contributed by atoms with Crippen LogP contribution in [-0.2, 0) is 9.53 Å². The molecule has 1 saturated heterocycles.